The van der Waals surface area contributed by atoms with Gasteiger partial charge in [-0.3, -0.25) is 4.79 Å². The zero-order valence-corrected chi connectivity index (χ0v) is 20.0. The third-order valence-electron chi connectivity index (χ3n) is 5.83. The van der Waals surface area contributed by atoms with Gasteiger partial charge in [-0.2, -0.15) is 0 Å². The Bertz CT molecular complexity index is 1070. The van der Waals surface area contributed by atoms with Crippen LogP contribution in [0.3, 0.4) is 0 Å². The van der Waals surface area contributed by atoms with Crippen LogP contribution in [0.5, 0.6) is 0 Å². The van der Waals surface area contributed by atoms with E-state index in [9.17, 15) is 4.79 Å². The highest BCUT2D eigenvalue weighted by molar-refractivity contribution is 8.00. The molecule has 1 aliphatic carbocycles. The monoisotopic (exact) mass is 442 g/mol. The quantitative estimate of drug-likeness (QED) is 0.368. The SMILES string of the molecule is CCN(CC)C(=O)CSc1ncnc2c1sc1nc(CC(C)C)c3c(c12)CCCC3. The van der Waals surface area contributed by atoms with Gasteiger partial charge in [-0.05, 0) is 63.0 Å². The Morgan fingerprint density at radius 1 is 1.17 bits per heavy atom. The van der Waals surface area contributed by atoms with E-state index < -0.39 is 0 Å². The highest BCUT2D eigenvalue weighted by Crippen LogP contribution is 2.41. The van der Waals surface area contributed by atoms with Crippen LogP contribution in [0, 0.1) is 5.92 Å². The number of fused-ring (bicyclic) bond motifs is 5. The maximum atomic E-state index is 12.5. The van der Waals surface area contributed by atoms with Crippen molar-refractivity contribution in [2.45, 2.75) is 64.8 Å². The van der Waals surface area contributed by atoms with Gasteiger partial charge in [-0.15, -0.1) is 11.3 Å². The van der Waals surface area contributed by atoms with E-state index in [2.05, 4.69) is 23.8 Å². The third kappa shape index (κ3) is 4.06. The first-order valence-corrected chi connectivity index (χ1v) is 12.8. The Morgan fingerprint density at radius 3 is 2.60 bits per heavy atom. The topological polar surface area (TPSA) is 59.0 Å². The van der Waals surface area contributed by atoms with Crippen LogP contribution in [0.15, 0.2) is 11.4 Å². The van der Waals surface area contributed by atoms with Gasteiger partial charge in [0.05, 0.1) is 16.0 Å². The molecule has 0 spiro atoms. The van der Waals surface area contributed by atoms with E-state index in [1.54, 1.807) is 17.7 Å². The number of rotatable bonds is 7. The lowest BCUT2D eigenvalue weighted by atomic mass is 9.87. The second kappa shape index (κ2) is 9.18. The van der Waals surface area contributed by atoms with Gasteiger partial charge in [0.15, 0.2) is 0 Å². The molecule has 1 aliphatic rings. The second-order valence-electron chi connectivity index (χ2n) is 8.31. The van der Waals surface area contributed by atoms with Gasteiger partial charge >= 0.3 is 0 Å². The number of pyridine rings is 1. The van der Waals surface area contributed by atoms with Crippen LogP contribution in [0.25, 0.3) is 20.4 Å². The molecule has 160 valence electrons. The summed E-state index contributed by atoms with van der Waals surface area (Å²) in [5.74, 6) is 1.16. The van der Waals surface area contributed by atoms with Gasteiger partial charge < -0.3 is 4.90 Å². The van der Waals surface area contributed by atoms with Crippen molar-refractivity contribution in [1.29, 1.82) is 0 Å². The van der Waals surface area contributed by atoms with Crippen LogP contribution in [-0.2, 0) is 24.1 Å². The minimum absolute atomic E-state index is 0.160. The van der Waals surface area contributed by atoms with Crippen LogP contribution in [0.4, 0.5) is 0 Å². The lowest BCUT2D eigenvalue weighted by Gasteiger charge is -2.20. The molecule has 1 amide bonds. The molecule has 0 fully saturated rings. The molecule has 0 radical (unpaired) electrons. The standard InChI is InChI=1S/C23H30N4OS2/c1-5-27(6-2)18(28)12-29-23-21-20(24-13-25-23)19-16-10-8-7-9-15(16)17(11-14(3)4)26-22(19)30-21/h13-14H,5-12H2,1-4H3. The first kappa shape index (κ1) is 21.5. The van der Waals surface area contributed by atoms with Crippen LogP contribution >= 0.6 is 23.1 Å². The first-order valence-electron chi connectivity index (χ1n) is 11.0. The molecule has 0 saturated carbocycles. The van der Waals surface area contributed by atoms with Crippen LogP contribution < -0.4 is 0 Å². The molecule has 0 saturated heterocycles. The number of carbonyl (C=O) groups excluding carboxylic acids is 1. The first-order chi connectivity index (χ1) is 14.5. The summed E-state index contributed by atoms with van der Waals surface area (Å²) in [4.78, 5) is 29.8. The Labute approximate surface area is 186 Å². The number of aryl methyl sites for hydroxylation is 1. The summed E-state index contributed by atoms with van der Waals surface area (Å²) in [5, 5.41) is 2.13. The maximum Gasteiger partial charge on any atom is 0.232 e. The van der Waals surface area contributed by atoms with E-state index >= 15 is 0 Å². The fraction of sp³-hybridized carbons (Fsp3) is 0.565. The summed E-state index contributed by atoms with van der Waals surface area (Å²) < 4.78 is 1.08. The van der Waals surface area contributed by atoms with Crippen molar-refractivity contribution in [1.82, 2.24) is 19.9 Å². The number of hydrogen-bond donors (Lipinski definition) is 0. The van der Waals surface area contributed by atoms with Crippen LogP contribution in [0.1, 0.15) is 57.4 Å². The molecule has 0 unspecified atom stereocenters. The minimum Gasteiger partial charge on any atom is -0.343 e. The molecule has 3 aromatic rings. The molecule has 30 heavy (non-hydrogen) atoms. The van der Waals surface area contributed by atoms with Gasteiger partial charge in [-0.1, -0.05) is 25.6 Å². The molecule has 0 aliphatic heterocycles. The Kier molecular flexibility index (Phi) is 6.58. The number of amides is 1. The van der Waals surface area contributed by atoms with Crippen molar-refractivity contribution in [3.05, 3.63) is 23.1 Å². The van der Waals surface area contributed by atoms with E-state index in [0.29, 0.717) is 11.7 Å². The predicted molar refractivity (Wildman–Crippen MR) is 127 cm³/mol. The van der Waals surface area contributed by atoms with Crippen LogP contribution in [-0.4, -0.2) is 44.6 Å². The normalized spacial score (nSPS) is 13.9. The predicted octanol–water partition coefficient (Wildman–Crippen LogP) is 5.28. The van der Waals surface area contributed by atoms with Crippen molar-refractivity contribution in [3.8, 4) is 0 Å². The molecular weight excluding hydrogens is 412 g/mol. The highest BCUT2D eigenvalue weighted by atomic mass is 32.2. The maximum absolute atomic E-state index is 12.5. The molecule has 5 nitrogen and oxygen atoms in total. The van der Waals surface area contributed by atoms with Gasteiger partial charge in [0.1, 0.15) is 16.2 Å². The average molecular weight is 443 g/mol. The third-order valence-corrected chi connectivity index (χ3v) is 8.01. The van der Waals surface area contributed by atoms with E-state index in [1.165, 1.54) is 46.8 Å². The number of carbonyl (C=O) groups is 1. The molecule has 0 bridgehead atoms. The van der Waals surface area contributed by atoms with E-state index in [1.807, 2.05) is 18.7 Å². The number of aromatic nitrogens is 3. The minimum atomic E-state index is 0.160. The molecule has 0 atom stereocenters. The van der Waals surface area contributed by atoms with Crippen molar-refractivity contribution in [2.75, 3.05) is 18.8 Å². The molecule has 0 N–H and O–H groups in total. The number of nitrogens with zero attached hydrogens (tertiary/aromatic N) is 4. The smallest absolute Gasteiger partial charge is 0.232 e. The summed E-state index contributed by atoms with van der Waals surface area (Å²) >= 11 is 3.22. The van der Waals surface area contributed by atoms with Crippen LogP contribution in [0.2, 0.25) is 0 Å². The second-order valence-corrected chi connectivity index (χ2v) is 10.3. The molecular formula is C23H30N4OS2. The molecule has 4 rings (SSSR count). The summed E-state index contributed by atoms with van der Waals surface area (Å²) in [6.07, 6.45) is 7.39. The summed E-state index contributed by atoms with van der Waals surface area (Å²) in [6.45, 7) is 10.0. The average Bonchev–Trinajstić information content (AvgIpc) is 3.12. The lowest BCUT2D eigenvalue weighted by Crippen LogP contribution is -2.31. The fourth-order valence-electron chi connectivity index (χ4n) is 4.37. The summed E-state index contributed by atoms with van der Waals surface area (Å²) in [7, 11) is 0. The van der Waals surface area contributed by atoms with E-state index in [0.717, 1.165) is 52.4 Å². The van der Waals surface area contributed by atoms with Crippen molar-refractivity contribution in [3.63, 3.8) is 0 Å². The zero-order valence-electron chi connectivity index (χ0n) is 18.3. The van der Waals surface area contributed by atoms with Gasteiger partial charge in [0.2, 0.25) is 5.91 Å². The van der Waals surface area contributed by atoms with Gasteiger partial charge in [0, 0.05) is 24.2 Å². The van der Waals surface area contributed by atoms with E-state index in [-0.39, 0.29) is 5.91 Å². The fourth-order valence-corrected chi connectivity index (χ4v) is 6.53. The molecule has 0 aromatic carbocycles. The summed E-state index contributed by atoms with van der Waals surface area (Å²) in [6, 6.07) is 0. The van der Waals surface area contributed by atoms with Crippen molar-refractivity contribution >= 4 is 49.4 Å². The largest absolute Gasteiger partial charge is 0.343 e. The summed E-state index contributed by atoms with van der Waals surface area (Å²) in [5.41, 5.74) is 5.22. The Morgan fingerprint density at radius 2 is 1.90 bits per heavy atom. The zero-order chi connectivity index (χ0) is 21.3. The number of thioether (sulfide) groups is 1. The van der Waals surface area contributed by atoms with Crippen molar-refractivity contribution in [2.24, 2.45) is 5.92 Å². The number of thiophene rings is 1. The molecule has 3 aromatic heterocycles. The Balaban J connectivity index is 1.77. The lowest BCUT2D eigenvalue weighted by molar-refractivity contribution is -0.127. The Hall–Kier alpha value is -1.73. The molecule has 3 heterocycles. The van der Waals surface area contributed by atoms with Gasteiger partial charge in [0.25, 0.3) is 0 Å². The van der Waals surface area contributed by atoms with Crippen molar-refractivity contribution < 1.29 is 4.79 Å². The molecule has 7 heteroatoms. The highest BCUT2D eigenvalue weighted by Gasteiger charge is 2.24. The van der Waals surface area contributed by atoms with Gasteiger partial charge in [-0.25, -0.2) is 15.0 Å². The number of hydrogen-bond acceptors (Lipinski definition) is 6. The van der Waals surface area contributed by atoms with E-state index in [4.69, 9.17) is 4.98 Å².